The zero-order valence-corrected chi connectivity index (χ0v) is 9.92. The number of nitrogens with one attached hydrogen (secondary N) is 1. The molecule has 1 aromatic carbocycles. The minimum absolute atomic E-state index is 0.318. The quantitative estimate of drug-likeness (QED) is 0.859. The van der Waals surface area contributed by atoms with Crippen molar-refractivity contribution in [3.63, 3.8) is 0 Å². The molecule has 17 heavy (non-hydrogen) atoms. The number of hydrogen-bond acceptors (Lipinski definition) is 3. The summed E-state index contributed by atoms with van der Waals surface area (Å²) in [7, 11) is 0. The molecular weight excluding hydrogens is 241 g/mol. The van der Waals surface area contributed by atoms with E-state index in [9.17, 15) is 4.39 Å². The summed E-state index contributed by atoms with van der Waals surface area (Å²) in [5, 5.41) is 3.24. The van der Waals surface area contributed by atoms with Crippen molar-refractivity contribution in [3.05, 3.63) is 46.9 Å². The van der Waals surface area contributed by atoms with Crippen molar-refractivity contribution >= 4 is 28.8 Å². The molecule has 0 saturated carbocycles. The average molecular weight is 252 g/mol. The minimum atomic E-state index is -0.411. The highest BCUT2D eigenvalue weighted by Crippen LogP contribution is 2.24. The van der Waals surface area contributed by atoms with Crippen LogP contribution in [0.15, 0.2) is 30.5 Å². The molecular formula is C12H11ClFN3. The van der Waals surface area contributed by atoms with Gasteiger partial charge >= 0.3 is 0 Å². The van der Waals surface area contributed by atoms with Crippen LogP contribution in [-0.4, -0.2) is 4.98 Å². The van der Waals surface area contributed by atoms with Crippen LogP contribution in [0.3, 0.4) is 0 Å². The molecule has 0 amide bonds. The maximum absolute atomic E-state index is 13.1. The first kappa shape index (κ1) is 11.7. The van der Waals surface area contributed by atoms with Crippen molar-refractivity contribution in [1.29, 1.82) is 0 Å². The van der Waals surface area contributed by atoms with Gasteiger partial charge in [0.05, 0.1) is 5.69 Å². The highest BCUT2D eigenvalue weighted by atomic mass is 35.5. The molecule has 0 atom stereocenters. The third-order valence-electron chi connectivity index (χ3n) is 2.18. The smallest absolute Gasteiger partial charge is 0.153 e. The fourth-order valence-corrected chi connectivity index (χ4v) is 1.68. The Kier molecular flexibility index (Phi) is 3.15. The predicted molar refractivity (Wildman–Crippen MR) is 68.1 cm³/mol. The Balaban J connectivity index is 2.31. The fourth-order valence-electron chi connectivity index (χ4n) is 1.46. The number of anilines is 3. The second kappa shape index (κ2) is 4.59. The second-order valence-corrected chi connectivity index (χ2v) is 4.17. The van der Waals surface area contributed by atoms with Crippen molar-refractivity contribution < 1.29 is 4.39 Å². The van der Waals surface area contributed by atoms with E-state index in [4.69, 9.17) is 17.3 Å². The zero-order valence-electron chi connectivity index (χ0n) is 9.17. The van der Waals surface area contributed by atoms with Crippen LogP contribution in [0.25, 0.3) is 0 Å². The Labute approximate surface area is 103 Å². The number of nitrogens with two attached hydrogens (primary N) is 1. The molecule has 5 heteroatoms. The molecule has 0 spiro atoms. The number of benzene rings is 1. The number of nitrogen functional groups attached to an aromatic ring is 1. The maximum Gasteiger partial charge on any atom is 0.153 e. The van der Waals surface area contributed by atoms with Crippen molar-refractivity contribution in [1.82, 2.24) is 4.98 Å². The largest absolute Gasteiger partial charge is 0.396 e. The lowest BCUT2D eigenvalue weighted by Crippen LogP contribution is -1.99. The number of halogens is 2. The molecule has 0 aliphatic rings. The topological polar surface area (TPSA) is 50.9 Å². The molecule has 3 N–H and O–H groups in total. The van der Waals surface area contributed by atoms with E-state index in [2.05, 4.69) is 10.3 Å². The van der Waals surface area contributed by atoms with Crippen molar-refractivity contribution in [3.8, 4) is 0 Å². The zero-order chi connectivity index (χ0) is 12.4. The molecule has 2 rings (SSSR count). The van der Waals surface area contributed by atoms with E-state index in [1.165, 1.54) is 12.1 Å². The van der Waals surface area contributed by atoms with Gasteiger partial charge in [-0.3, -0.25) is 0 Å². The number of aromatic nitrogens is 1. The predicted octanol–water partition coefficient (Wildman–Crippen LogP) is 3.51. The van der Waals surface area contributed by atoms with Gasteiger partial charge in [0.15, 0.2) is 5.82 Å². The molecule has 0 fully saturated rings. The van der Waals surface area contributed by atoms with Gasteiger partial charge < -0.3 is 11.1 Å². The molecule has 1 heterocycles. The SMILES string of the molecule is Cc1cnc(Nc2cc(F)cc(Cl)c2)c(N)c1. The summed E-state index contributed by atoms with van der Waals surface area (Å²) in [5.41, 5.74) is 7.77. The monoisotopic (exact) mass is 251 g/mol. The van der Waals surface area contributed by atoms with Crippen LogP contribution in [0.5, 0.6) is 0 Å². The molecule has 0 saturated heterocycles. The molecule has 3 nitrogen and oxygen atoms in total. The van der Waals surface area contributed by atoms with Crippen LogP contribution in [0.2, 0.25) is 5.02 Å². The summed E-state index contributed by atoms with van der Waals surface area (Å²) in [5.74, 6) is 0.0722. The first-order valence-corrected chi connectivity index (χ1v) is 5.37. The Bertz CT molecular complexity index is 537. The first-order chi connectivity index (χ1) is 8.04. The van der Waals surface area contributed by atoms with Crippen LogP contribution >= 0.6 is 11.6 Å². The van der Waals surface area contributed by atoms with Gasteiger partial charge in [0, 0.05) is 16.9 Å². The second-order valence-electron chi connectivity index (χ2n) is 3.73. The maximum atomic E-state index is 13.1. The summed E-state index contributed by atoms with van der Waals surface area (Å²) >= 11 is 5.75. The Morgan fingerprint density at radius 3 is 2.71 bits per heavy atom. The molecule has 0 aliphatic heterocycles. The van der Waals surface area contributed by atoms with Crippen LogP contribution in [0, 0.1) is 12.7 Å². The molecule has 0 unspecified atom stereocenters. The number of rotatable bonds is 2. The Hall–Kier alpha value is -1.81. The van der Waals surface area contributed by atoms with Crippen molar-refractivity contribution in [2.75, 3.05) is 11.1 Å². The van der Waals surface area contributed by atoms with Gasteiger partial charge in [0.25, 0.3) is 0 Å². The van der Waals surface area contributed by atoms with E-state index in [1.807, 2.05) is 6.92 Å². The number of nitrogens with zero attached hydrogens (tertiary/aromatic N) is 1. The number of pyridine rings is 1. The standard InChI is InChI=1S/C12H11ClFN3/c1-7-2-11(15)12(16-6-7)17-10-4-8(13)3-9(14)5-10/h2-6H,15H2,1H3,(H,16,17). The van der Waals surface area contributed by atoms with Gasteiger partial charge in [-0.15, -0.1) is 0 Å². The summed E-state index contributed by atoms with van der Waals surface area (Å²) in [6.07, 6.45) is 1.68. The van der Waals surface area contributed by atoms with Crippen LogP contribution in [0.1, 0.15) is 5.56 Å². The summed E-state index contributed by atoms with van der Waals surface area (Å²) in [6, 6.07) is 5.95. The van der Waals surface area contributed by atoms with Gasteiger partial charge in [-0.25, -0.2) is 9.37 Å². The molecule has 1 aromatic heterocycles. The van der Waals surface area contributed by atoms with E-state index >= 15 is 0 Å². The lowest BCUT2D eigenvalue weighted by atomic mass is 10.2. The fraction of sp³-hybridized carbons (Fsp3) is 0.0833. The average Bonchev–Trinajstić information content (AvgIpc) is 2.21. The number of hydrogen-bond donors (Lipinski definition) is 2. The summed E-state index contributed by atoms with van der Waals surface area (Å²) in [4.78, 5) is 4.13. The van der Waals surface area contributed by atoms with E-state index in [1.54, 1.807) is 18.3 Å². The summed E-state index contributed by atoms with van der Waals surface area (Å²) < 4.78 is 13.1. The molecule has 0 aliphatic carbocycles. The normalized spacial score (nSPS) is 10.3. The third kappa shape index (κ3) is 2.85. The molecule has 2 aromatic rings. The van der Waals surface area contributed by atoms with Crippen LogP contribution < -0.4 is 11.1 Å². The molecule has 88 valence electrons. The van der Waals surface area contributed by atoms with E-state index in [-0.39, 0.29) is 0 Å². The van der Waals surface area contributed by atoms with Crippen LogP contribution in [-0.2, 0) is 0 Å². The highest BCUT2D eigenvalue weighted by Gasteiger charge is 2.04. The lowest BCUT2D eigenvalue weighted by Gasteiger charge is -2.09. The van der Waals surface area contributed by atoms with E-state index < -0.39 is 5.82 Å². The lowest BCUT2D eigenvalue weighted by molar-refractivity contribution is 0.628. The Morgan fingerprint density at radius 1 is 1.29 bits per heavy atom. The molecule has 0 bridgehead atoms. The highest BCUT2D eigenvalue weighted by molar-refractivity contribution is 6.30. The van der Waals surface area contributed by atoms with E-state index in [0.717, 1.165) is 5.56 Å². The number of aryl methyl sites for hydroxylation is 1. The molecule has 0 radical (unpaired) electrons. The first-order valence-electron chi connectivity index (χ1n) is 5.00. The third-order valence-corrected chi connectivity index (χ3v) is 2.40. The van der Waals surface area contributed by atoms with Gasteiger partial charge in [-0.1, -0.05) is 11.6 Å². The van der Waals surface area contributed by atoms with Gasteiger partial charge in [0.1, 0.15) is 5.82 Å². The van der Waals surface area contributed by atoms with Crippen molar-refractivity contribution in [2.45, 2.75) is 6.92 Å². The van der Waals surface area contributed by atoms with Crippen LogP contribution in [0.4, 0.5) is 21.6 Å². The van der Waals surface area contributed by atoms with Gasteiger partial charge in [-0.2, -0.15) is 0 Å². The van der Waals surface area contributed by atoms with E-state index in [0.29, 0.717) is 22.2 Å². The summed E-state index contributed by atoms with van der Waals surface area (Å²) in [6.45, 7) is 1.90. The minimum Gasteiger partial charge on any atom is -0.396 e. The van der Waals surface area contributed by atoms with Gasteiger partial charge in [0.2, 0.25) is 0 Å². The van der Waals surface area contributed by atoms with Gasteiger partial charge in [-0.05, 0) is 36.8 Å². The van der Waals surface area contributed by atoms with Crippen molar-refractivity contribution in [2.24, 2.45) is 0 Å². The Morgan fingerprint density at radius 2 is 2.06 bits per heavy atom.